The Kier molecular flexibility index (Phi) is 6.03. The van der Waals surface area contributed by atoms with E-state index in [-0.39, 0.29) is 5.69 Å². The van der Waals surface area contributed by atoms with Crippen molar-refractivity contribution in [3.8, 4) is 0 Å². The molecule has 1 atom stereocenters. The summed E-state index contributed by atoms with van der Waals surface area (Å²) in [7, 11) is 0. The summed E-state index contributed by atoms with van der Waals surface area (Å²) in [6, 6.07) is 4.07. The third-order valence-electron chi connectivity index (χ3n) is 3.32. The van der Waals surface area contributed by atoms with E-state index in [2.05, 4.69) is 19.2 Å². The molecule has 0 radical (unpaired) electrons. The van der Waals surface area contributed by atoms with Gasteiger partial charge >= 0.3 is 5.69 Å². The number of anilines is 1. The van der Waals surface area contributed by atoms with Crippen molar-refractivity contribution in [2.75, 3.05) is 25.0 Å². The molecule has 1 rings (SSSR count). The fraction of sp³-hybridized carbons (Fsp3) is 0.538. The van der Waals surface area contributed by atoms with Gasteiger partial charge in [0.15, 0.2) is 6.54 Å². The molecule has 0 bridgehead atoms. The van der Waals surface area contributed by atoms with Crippen LogP contribution < -0.4 is 10.1 Å². The van der Waals surface area contributed by atoms with E-state index in [9.17, 15) is 20.5 Å². The lowest BCUT2D eigenvalue weighted by molar-refractivity contribution is -0.390. The number of nitro benzene ring substituents is 1. The summed E-state index contributed by atoms with van der Waals surface area (Å²) in [5.41, 5.74) is -0.166. The van der Waals surface area contributed by atoms with E-state index in [4.69, 9.17) is 5.11 Å². The number of hydroxylamine groups is 2. The van der Waals surface area contributed by atoms with Gasteiger partial charge in [0.05, 0.1) is 11.5 Å². The van der Waals surface area contributed by atoms with Crippen molar-refractivity contribution in [3.63, 3.8) is 0 Å². The van der Waals surface area contributed by atoms with Gasteiger partial charge in [0, 0.05) is 24.4 Å². The molecule has 0 aliphatic heterocycles. The zero-order valence-electron chi connectivity index (χ0n) is 12.2. The second-order valence-electron chi connectivity index (χ2n) is 5.03. The van der Waals surface area contributed by atoms with Gasteiger partial charge in [-0.25, -0.2) is 0 Å². The van der Waals surface area contributed by atoms with Gasteiger partial charge in [0.25, 0.3) is 5.69 Å². The van der Waals surface area contributed by atoms with E-state index < -0.39 is 28.6 Å². The van der Waals surface area contributed by atoms with Crippen molar-refractivity contribution < 1.29 is 20.4 Å². The Balaban J connectivity index is 3.05. The Morgan fingerprint density at radius 2 is 2.10 bits per heavy atom. The van der Waals surface area contributed by atoms with Crippen LogP contribution in [0, 0.1) is 16.0 Å². The zero-order valence-corrected chi connectivity index (χ0v) is 12.2. The predicted octanol–water partition coefficient (Wildman–Crippen LogP) is 2.13. The lowest BCUT2D eigenvalue weighted by atomic mass is 10.1. The number of benzene rings is 1. The third-order valence-corrected chi connectivity index (χ3v) is 3.32. The quantitative estimate of drug-likeness (QED) is 0.332. The van der Waals surface area contributed by atoms with Crippen molar-refractivity contribution in [2.24, 2.45) is 5.92 Å². The lowest BCUT2D eigenvalue weighted by Crippen LogP contribution is -2.44. The minimum atomic E-state index is -1.72. The lowest BCUT2D eigenvalue weighted by Gasteiger charge is -2.20. The highest BCUT2D eigenvalue weighted by molar-refractivity contribution is 5.65. The third kappa shape index (κ3) is 4.64. The van der Waals surface area contributed by atoms with Crippen LogP contribution in [0.4, 0.5) is 17.1 Å². The van der Waals surface area contributed by atoms with E-state index in [0.717, 1.165) is 6.42 Å². The molecule has 1 unspecified atom stereocenters. The molecule has 0 aliphatic rings. The van der Waals surface area contributed by atoms with E-state index in [1.165, 1.54) is 12.1 Å². The normalized spacial score (nSPS) is 13.0. The van der Waals surface area contributed by atoms with Crippen molar-refractivity contribution >= 4 is 17.1 Å². The highest BCUT2D eigenvalue weighted by atomic mass is 16.8. The molecule has 0 fully saturated rings. The molecule has 8 nitrogen and oxygen atoms in total. The average Bonchev–Trinajstić information content (AvgIpc) is 2.44. The molecule has 0 spiro atoms. The Labute approximate surface area is 122 Å². The molecule has 0 saturated carbocycles. The molecule has 0 aliphatic carbocycles. The first kappa shape index (κ1) is 17.3. The summed E-state index contributed by atoms with van der Waals surface area (Å²) in [6.07, 6.45) is 0.983. The van der Waals surface area contributed by atoms with Gasteiger partial charge in [0.2, 0.25) is 0 Å². The fourth-order valence-corrected chi connectivity index (χ4v) is 1.78. The average molecular weight is 300 g/mol. The number of hydrogen-bond donors (Lipinski definition) is 4. The summed E-state index contributed by atoms with van der Waals surface area (Å²) >= 11 is 0. The Morgan fingerprint density at radius 1 is 1.43 bits per heavy atom. The second-order valence-corrected chi connectivity index (χ2v) is 5.03. The molecule has 4 N–H and O–H groups in total. The monoisotopic (exact) mass is 300 g/mol. The molecule has 0 amide bonds. The maximum absolute atomic E-state index is 11.1. The fourth-order valence-electron chi connectivity index (χ4n) is 1.78. The molecule has 1 aromatic rings. The highest BCUT2D eigenvalue weighted by Crippen LogP contribution is 2.33. The summed E-state index contributed by atoms with van der Waals surface area (Å²) in [5, 5.41) is 42.5. The maximum atomic E-state index is 11.1. The van der Waals surface area contributed by atoms with Gasteiger partial charge < -0.3 is 10.4 Å². The maximum Gasteiger partial charge on any atom is 0.337 e. The Morgan fingerprint density at radius 3 is 2.62 bits per heavy atom. The number of rotatable bonds is 8. The summed E-state index contributed by atoms with van der Waals surface area (Å²) < 4.78 is 0. The Hall–Kier alpha value is -1.74. The molecule has 8 heteroatoms. The van der Waals surface area contributed by atoms with Gasteiger partial charge in [-0.2, -0.15) is 10.4 Å². The van der Waals surface area contributed by atoms with Crippen LogP contribution in [-0.4, -0.2) is 40.1 Å². The van der Waals surface area contributed by atoms with E-state index in [0.29, 0.717) is 18.2 Å². The van der Waals surface area contributed by atoms with Crippen LogP contribution in [0.2, 0.25) is 0 Å². The van der Waals surface area contributed by atoms with Crippen LogP contribution in [0.15, 0.2) is 18.2 Å². The molecule has 0 heterocycles. The minimum Gasteiger partial charge on any atom is -0.390 e. The van der Waals surface area contributed by atoms with Crippen LogP contribution in [0.5, 0.6) is 0 Å². The summed E-state index contributed by atoms with van der Waals surface area (Å²) in [4.78, 5) is 8.70. The minimum absolute atomic E-state index is 0.289. The van der Waals surface area contributed by atoms with E-state index in [1.807, 2.05) is 0 Å². The van der Waals surface area contributed by atoms with Gasteiger partial charge in [0.1, 0.15) is 0 Å². The largest absolute Gasteiger partial charge is 0.390 e. The number of hydrogen-bond acceptors (Lipinski definition) is 6. The van der Waals surface area contributed by atoms with Crippen LogP contribution >= 0.6 is 0 Å². The van der Waals surface area contributed by atoms with Gasteiger partial charge in [-0.15, -0.1) is 0 Å². The smallest absolute Gasteiger partial charge is 0.337 e. The first-order valence-corrected chi connectivity index (χ1v) is 6.79. The molecule has 0 saturated heterocycles. The number of nitro groups is 1. The number of aliphatic hydroxyl groups excluding tert-OH is 1. The molecule has 1 aromatic carbocycles. The zero-order chi connectivity index (χ0) is 16.0. The van der Waals surface area contributed by atoms with Crippen LogP contribution in [0.1, 0.15) is 20.3 Å². The molecular weight excluding hydrogens is 278 g/mol. The van der Waals surface area contributed by atoms with Gasteiger partial charge in [-0.05, 0) is 16.8 Å². The Bertz CT molecular complexity index is 493. The van der Waals surface area contributed by atoms with Crippen molar-refractivity contribution in [1.82, 2.24) is 4.81 Å². The number of nitrogens with zero attached hydrogens (tertiary/aromatic N) is 2. The van der Waals surface area contributed by atoms with Crippen LogP contribution in [0.25, 0.3) is 0 Å². The number of aliphatic hydroxyl groups is 1. The topological polar surface area (TPSA) is 116 Å². The second kappa shape index (κ2) is 7.32. The van der Waals surface area contributed by atoms with E-state index >= 15 is 0 Å². The molecular formula is C13H22N3O5+. The van der Waals surface area contributed by atoms with Crippen molar-refractivity contribution in [1.29, 1.82) is 0 Å². The van der Waals surface area contributed by atoms with E-state index in [1.54, 1.807) is 6.07 Å². The SMILES string of the molecule is CCC(C)CNc1ccc([N+](O)(O)CCO)c([N+](=O)[O-])c1. The van der Waals surface area contributed by atoms with Gasteiger partial charge in [-0.3, -0.25) is 10.1 Å². The van der Waals surface area contributed by atoms with Crippen molar-refractivity contribution in [2.45, 2.75) is 20.3 Å². The summed E-state index contributed by atoms with van der Waals surface area (Å²) in [6.45, 7) is 3.80. The first-order chi connectivity index (χ1) is 9.81. The molecule has 0 aromatic heterocycles. The van der Waals surface area contributed by atoms with Crippen LogP contribution in [-0.2, 0) is 0 Å². The number of quaternary nitrogens is 1. The summed E-state index contributed by atoms with van der Waals surface area (Å²) in [5.74, 6) is 0.420. The van der Waals surface area contributed by atoms with Gasteiger partial charge in [-0.1, -0.05) is 20.3 Å². The molecule has 118 valence electrons. The first-order valence-electron chi connectivity index (χ1n) is 6.79. The highest BCUT2D eigenvalue weighted by Gasteiger charge is 2.35. The molecule has 21 heavy (non-hydrogen) atoms. The van der Waals surface area contributed by atoms with Crippen molar-refractivity contribution in [3.05, 3.63) is 28.3 Å². The van der Waals surface area contributed by atoms with Crippen LogP contribution in [0.3, 0.4) is 0 Å². The number of nitrogens with one attached hydrogen (secondary N) is 1. The standard InChI is InChI=1S/C13H22N3O5/c1-3-10(2)9-14-11-4-5-13(12(8-11)15(18)19)16(20,21)6-7-17/h4-5,8,10,14,17,20-21H,3,6-7,9H2,1-2H3/q+1. The predicted molar refractivity (Wildman–Crippen MR) is 78.4 cm³/mol.